The van der Waals surface area contributed by atoms with Crippen LogP contribution in [0.3, 0.4) is 0 Å². The monoisotopic (exact) mass is 961 g/mol. The number of carboxylic acid groups (broad SMARTS) is 1. The van der Waals surface area contributed by atoms with Crippen LogP contribution in [0.15, 0.2) is 12.2 Å². The van der Waals surface area contributed by atoms with Gasteiger partial charge in [0.1, 0.15) is 12.7 Å². The van der Waals surface area contributed by atoms with E-state index in [-0.39, 0.29) is 43.5 Å². The molecule has 0 heterocycles. The lowest BCUT2D eigenvalue weighted by molar-refractivity contribution is -0.164. The number of ether oxygens (including phenoxy) is 3. The summed E-state index contributed by atoms with van der Waals surface area (Å²) in [5, 5.41) is 8.76. The molecule has 3 unspecified atom stereocenters. The molecule has 0 aliphatic heterocycles. The Kier molecular flexibility index (Phi) is 50.6. The second kappa shape index (κ2) is 52.4. The first kappa shape index (κ1) is 65.6. The van der Waals surface area contributed by atoms with E-state index in [2.05, 4.69) is 26.0 Å². The van der Waals surface area contributed by atoms with Crippen molar-refractivity contribution in [2.45, 2.75) is 323 Å². The first-order chi connectivity index (χ1) is 33.2. The minimum atomic E-state index is -0.704. The van der Waals surface area contributed by atoms with Crippen LogP contribution in [0.4, 0.5) is 0 Å². The van der Waals surface area contributed by atoms with Gasteiger partial charge in [-0.15, -0.1) is 0 Å². The van der Waals surface area contributed by atoms with E-state index in [4.69, 9.17) is 19.3 Å². The van der Waals surface area contributed by atoms with Gasteiger partial charge < -0.3 is 19.3 Å². The van der Waals surface area contributed by atoms with E-state index < -0.39 is 18.0 Å². The first-order valence-electron chi connectivity index (χ1n) is 29.6. The fourth-order valence-electron chi connectivity index (χ4n) is 9.22. The van der Waals surface area contributed by atoms with Crippen molar-refractivity contribution >= 4 is 23.9 Å². The molecule has 3 atom stereocenters. The summed E-state index contributed by atoms with van der Waals surface area (Å²) < 4.78 is 17.1. The molecule has 68 heavy (non-hydrogen) atoms. The number of rotatable bonds is 54. The highest BCUT2D eigenvalue weighted by atomic mass is 16.6. The van der Waals surface area contributed by atoms with Crippen molar-refractivity contribution in [1.82, 2.24) is 0 Å². The third-order valence-corrected chi connectivity index (χ3v) is 13.8. The lowest BCUT2D eigenvalue weighted by Gasteiger charge is -2.24. The number of allylic oxidation sites excluding steroid dienone is 2. The molecule has 400 valence electrons. The molecule has 8 heteroatoms. The normalized spacial score (nSPS) is 12.9. The molecule has 0 rings (SSSR count). The lowest BCUT2D eigenvalue weighted by Crippen LogP contribution is -2.32. The third-order valence-electron chi connectivity index (χ3n) is 13.8. The van der Waals surface area contributed by atoms with E-state index in [1.165, 1.54) is 154 Å². The van der Waals surface area contributed by atoms with Crippen molar-refractivity contribution in [3.63, 3.8) is 0 Å². The minimum absolute atomic E-state index is 0.0545. The molecule has 0 fully saturated rings. The Hall–Kier alpha value is -2.38. The van der Waals surface area contributed by atoms with Crippen LogP contribution in [0.2, 0.25) is 0 Å². The molecule has 1 N–H and O–H groups in total. The summed E-state index contributed by atoms with van der Waals surface area (Å²) in [5.41, 5.74) is 0. The predicted molar refractivity (Wildman–Crippen MR) is 286 cm³/mol. The van der Waals surface area contributed by atoms with E-state index in [1.54, 1.807) is 6.92 Å². The predicted octanol–water partition coefficient (Wildman–Crippen LogP) is 18.5. The zero-order valence-corrected chi connectivity index (χ0v) is 45.4. The number of esters is 3. The van der Waals surface area contributed by atoms with E-state index >= 15 is 0 Å². The van der Waals surface area contributed by atoms with Crippen molar-refractivity contribution in [3.05, 3.63) is 12.2 Å². The van der Waals surface area contributed by atoms with Gasteiger partial charge >= 0.3 is 23.9 Å². The fraction of sp³-hybridized carbons (Fsp3) is 0.900. The number of hydrogen-bond donors (Lipinski definition) is 1. The van der Waals surface area contributed by atoms with E-state index in [1.807, 2.05) is 6.92 Å². The number of aliphatic carboxylic acids is 1. The second-order valence-corrected chi connectivity index (χ2v) is 20.8. The van der Waals surface area contributed by atoms with Gasteiger partial charge in [0, 0.05) is 25.2 Å². The summed E-state index contributed by atoms with van der Waals surface area (Å²) in [6, 6.07) is 0. The highest BCUT2D eigenvalue weighted by Crippen LogP contribution is 2.24. The molecule has 0 amide bonds. The van der Waals surface area contributed by atoms with Crippen molar-refractivity contribution < 1.29 is 38.5 Å². The molecule has 0 aromatic carbocycles. The molecule has 0 saturated heterocycles. The highest BCUT2D eigenvalue weighted by molar-refractivity contribution is 5.73. The topological polar surface area (TPSA) is 116 Å². The fourth-order valence-corrected chi connectivity index (χ4v) is 9.22. The maximum absolute atomic E-state index is 13.6. The maximum atomic E-state index is 13.6. The zero-order chi connectivity index (χ0) is 49.8. The Morgan fingerprint density at radius 3 is 1.07 bits per heavy atom. The standard InChI is InChI=1S/C60H112O8/c1-5-7-9-11-13-15-17-19-21-26-30-34-38-42-46-50-58(63)66-52-54(3)56(48-44-40-36-32-28-24-23-25-29-33-37-41-45-49-57(61)62)60(65)68-55(4)53-67-59(64)51-47-43-39-35-31-27-22-20-18-16-14-12-10-8-6-2/h23-24,54-56H,5-22,25-53H2,1-4H3,(H,61,62). The van der Waals surface area contributed by atoms with Gasteiger partial charge in [-0.3, -0.25) is 19.2 Å². The van der Waals surface area contributed by atoms with Gasteiger partial charge in [-0.25, -0.2) is 0 Å². The molecule has 0 aliphatic rings. The van der Waals surface area contributed by atoms with E-state index in [0.717, 1.165) is 109 Å². The third kappa shape index (κ3) is 48.6. The summed E-state index contributed by atoms with van der Waals surface area (Å²) in [6.07, 6.45) is 55.7. The van der Waals surface area contributed by atoms with E-state index in [9.17, 15) is 19.2 Å². The Bertz CT molecular complexity index is 1150. The number of unbranched alkanes of at least 4 members (excludes halogenated alkanes) is 37. The number of hydrogen-bond acceptors (Lipinski definition) is 7. The van der Waals surface area contributed by atoms with Crippen molar-refractivity contribution in [1.29, 1.82) is 0 Å². The molecule has 8 nitrogen and oxygen atoms in total. The van der Waals surface area contributed by atoms with Gasteiger partial charge in [0.25, 0.3) is 0 Å². The molecule has 0 aromatic heterocycles. The number of carbonyl (C=O) groups is 4. The van der Waals surface area contributed by atoms with Crippen LogP contribution < -0.4 is 0 Å². The van der Waals surface area contributed by atoms with E-state index in [0.29, 0.717) is 19.3 Å². The van der Waals surface area contributed by atoms with Gasteiger partial charge in [-0.05, 0) is 58.3 Å². The quantitative estimate of drug-likeness (QED) is 0.0277. The summed E-state index contributed by atoms with van der Waals surface area (Å²) in [4.78, 5) is 49.5. The molecule has 0 radical (unpaired) electrons. The van der Waals surface area contributed by atoms with Crippen LogP contribution in [0.5, 0.6) is 0 Å². The second-order valence-electron chi connectivity index (χ2n) is 20.8. The largest absolute Gasteiger partial charge is 0.481 e. The zero-order valence-electron chi connectivity index (χ0n) is 45.4. The Balaban J connectivity index is 4.53. The SMILES string of the molecule is CCCCCCCCCCCCCCCCCC(=O)OCC(C)OC(=O)C(CCCCCCC=CCCCCCCCC(=O)O)C(C)COC(=O)CCCCCCCCCCCCCCCCC. The molecule has 0 spiro atoms. The van der Waals surface area contributed by atoms with Gasteiger partial charge in [-0.2, -0.15) is 0 Å². The average Bonchev–Trinajstić information content (AvgIpc) is 3.32. The smallest absolute Gasteiger partial charge is 0.309 e. The molecule has 0 saturated carbocycles. The summed E-state index contributed by atoms with van der Waals surface area (Å²) in [5.74, 6) is -1.98. The van der Waals surface area contributed by atoms with Gasteiger partial charge in [0.15, 0.2) is 0 Å². The van der Waals surface area contributed by atoms with Crippen molar-refractivity contribution in [2.75, 3.05) is 13.2 Å². The van der Waals surface area contributed by atoms with Crippen LogP contribution in [-0.4, -0.2) is 48.3 Å². The summed E-state index contributed by atoms with van der Waals surface area (Å²) in [7, 11) is 0. The number of carbonyl (C=O) groups excluding carboxylic acids is 3. The number of carboxylic acids is 1. The molecular formula is C60H112O8. The Morgan fingerprint density at radius 1 is 0.397 bits per heavy atom. The molecule has 0 bridgehead atoms. The van der Waals surface area contributed by atoms with Crippen molar-refractivity contribution in [3.8, 4) is 0 Å². The van der Waals surface area contributed by atoms with Crippen LogP contribution in [0.1, 0.15) is 317 Å². The van der Waals surface area contributed by atoms with Crippen LogP contribution >= 0.6 is 0 Å². The Morgan fingerprint density at radius 2 is 0.706 bits per heavy atom. The van der Waals surface area contributed by atoms with Gasteiger partial charge in [-0.1, -0.05) is 251 Å². The lowest BCUT2D eigenvalue weighted by atomic mass is 9.89. The van der Waals surface area contributed by atoms with Crippen LogP contribution in [-0.2, 0) is 33.4 Å². The summed E-state index contributed by atoms with van der Waals surface area (Å²) >= 11 is 0. The van der Waals surface area contributed by atoms with Crippen molar-refractivity contribution in [2.24, 2.45) is 11.8 Å². The Labute approximate surface area is 420 Å². The minimum Gasteiger partial charge on any atom is -0.481 e. The first-order valence-corrected chi connectivity index (χ1v) is 29.6. The molecular weight excluding hydrogens is 849 g/mol. The van der Waals surface area contributed by atoms with Gasteiger partial charge in [0.05, 0.1) is 12.5 Å². The highest BCUT2D eigenvalue weighted by Gasteiger charge is 2.29. The van der Waals surface area contributed by atoms with Crippen LogP contribution in [0, 0.1) is 11.8 Å². The molecule has 0 aromatic rings. The van der Waals surface area contributed by atoms with Gasteiger partial charge in [0.2, 0.25) is 0 Å². The summed E-state index contributed by atoms with van der Waals surface area (Å²) in [6.45, 7) is 8.57. The molecule has 0 aliphatic carbocycles. The average molecular weight is 962 g/mol. The van der Waals surface area contributed by atoms with Crippen LogP contribution in [0.25, 0.3) is 0 Å². The maximum Gasteiger partial charge on any atom is 0.309 e.